The van der Waals surface area contributed by atoms with Crippen LogP contribution in [-0.4, -0.2) is 9.13 Å². The van der Waals surface area contributed by atoms with Gasteiger partial charge in [0.05, 0.1) is 55.4 Å². The maximum Gasteiger partial charge on any atom is 0.135 e. The highest BCUT2D eigenvalue weighted by atomic mass is 16.3. The third-order valence-corrected chi connectivity index (χ3v) is 22.1. The lowest BCUT2D eigenvalue weighted by Gasteiger charge is -2.35. The largest absolute Gasteiger partial charge is 0.456 e. The molecule has 5 heteroatoms. The van der Waals surface area contributed by atoms with E-state index < -0.39 is 96.7 Å². The van der Waals surface area contributed by atoms with Crippen LogP contribution in [-0.2, 0) is 10.8 Å². The van der Waals surface area contributed by atoms with Crippen molar-refractivity contribution in [2.75, 3.05) is 9.80 Å². The molecular weight excluding hydrogens is 1390 g/mol. The van der Waals surface area contributed by atoms with Gasteiger partial charge in [-0.2, -0.15) is 0 Å². The molecule has 0 aliphatic rings. The third kappa shape index (κ3) is 12.7. The Kier molecular flexibility index (Phi) is 13.5. The summed E-state index contributed by atoms with van der Waals surface area (Å²) in [6, 6.07) is 93.9. The van der Waals surface area contributed by atoms with Crippen molar-refractivity contribution in [1.29, 1.82) is 0 Å². The highest BCUT2D eigenvalue weighted by molar-refractivity contribution is 6.12. The van der Waals surface area contributed by atoms with Gasteiger partial charge in [-0.1, -0.05) is 320 Å². The van der Waals surface area contributed by atoms with Crippen LogP contribution >= 0.6 is 0 Å². The summed E-state index contributed by atoms with van der Waals surface area (Å²) in [6.07, 6.45) is 0. The average Bonchev–Trinajstić information content (AvgIpc) is 1.54. The second-order valence-corrected chi connectivity index (χ2v) is 31.3. The second kappa shape index (κ2) is 28.5. The number of hydrogen-bond acceptors (Lipinski definition) is 3. The summed E-state index contributed by atoms with van der Waals surface area (Å²) in [7, 11) is 0. The number of anilines is 6. The number of aromatic nitrogens is 2. The Morgan fingerprint density at radius 3 is 0.948 bits per heavy atom. The minimum absolute atomic E-state index is 0.0687. The molecule has 3 heterocycles. The first kappa shape index (κ1) is 54.4. The quantitative estimate of drug-likeness (QED) is 0.102. The van der Waals surface area contributed by atoms with E-state index in [4.69, 9.17) is 9.90 Å². The van der Waals surface area contributed by atoms with E-state index in [1.165, 1.54) is 9.13 Å². The standard InChI is InChI=1S/C110H84N4O/c1-109(2,3)83-58-53-73(54-59-83)81-66-96(75-31-11-7-12-32-75)107(97(67-81)76-33-13-8-14-34-76)111(85-39-29-41-87(70-85)113-101-48-24-19-43-91(101)92-44-20-25-49-102(92)113)89-63-80(79-57-62-106-100(65-79)95-47-23-28-52-105(95)115-106)64-90(72-89)112(86-40-30-42-88(71-86)114-103-50-26-21-45-93(103)94-46-22-27-51-104(94)114)108-98(77-35-15-9-16-36-77)68-82(69-99(108)78-37-17-10-18-38-78)74-55-60-84(61-56-74)110(4,5)6/h7-72H,1-6H3/i19D,20D,21D,22D,24D,25D,26D,27D,43D,44D,45D,46D,48D,49D,50D,51D. The number of para-hydroxylation sites is 5. The molecule has 0 N–H and O–H groups in total. The van der Waals surface area contributed by atoms with Crippen LogP contribution in [0.2, 0.25) is 0 Å². The molecule has 0 radical (unpaired) electrons. The molecule has 0 amide bonds. The number of benzene rings is 17. The molecule has 115 heavy (non-hydrogen) atoms. The first-order valence-corrected chi connectivity index (χ1v) is 38.6. The molecule has 0 saturated heterocycles. The van der Waals surface area contributed by atoms with Crippen molar-refractivity contribution in [3.63, 3.8) is 0 Å². The molecule has 0 aliphatic heterocycles. The zero-order valence-electron chi connectivity index (χ0n) is 80.1. The SMILES string of the molecule is [2H]c1c([2H])c([2H])c2c(c1[2H])c1c([2H])c([2H])c([2H])c([2H])c1n2-c1cccc(N(c2cc(-c3ccc4oc5ccccc5c4c3)cc(N(c3cccc(-n4c5c([2H])c([2H])c([2H])c([2H])c5c5c([2H])c([2H])c([2H])c([2H])c54)c3)c3c(-c4ccccc4)cc(-c4ccc(C(C)(C)C)cc4)cc3-c3ccccc3)c2)c2c(-c3ccccc3)cc(-c3ccc(C(C)(C)C)cc3)cc2-c2ccccc2)c1. The van der Waals surface area contributed by atoms with Crippen LogP contribution in [0.3, 0.4) is 0 Å². The van der Waals surface area contributed by atoms with Gasteiger partial charge in [0.15, 0.2) is 0 Å². The number of rotatable bonds is 15. The monoisotopic (exact) mass is 1490 g/mol. The normalized spacial score (nSPS) is 13.9. The van der Waals surface area contributed by atoms with Crippen LogP contribution in [0, 0.1) is 0 Å². The van der Waals surface area contributed by atoms with Gasteiger partial charge in [-0.05, 0) is 199 Å². The summed E-state index contributed by atoms with van der Waals surface area (Å²) in [4.78, 5) is 4.40. The summed E-state index contributed by atoms with van der Waals surface area (Å²) in [6.45, 7) is 13.1. The highest BCUT2D eigenvalue weighted by Crippen LogP contribution is 2.55. The van der Waals surface area contributed by atoms with E-state index in [9.17, 15) is 16.4 Å². The Hall–Kier alpha value is -14.3. The lowest BCUT2D eigenvalue weighted by molar-refractivity contribution is 0.590. The smallest absolute Gasteiger partial charge is 0.135 e. The minimum Gasteiger partial charge on any atom is -0.456 e. The molecule has 0 unspecified atom stereocenters. The van der Waals surface area contributed by atoms with Crippen molar-refractivity contribution in [3.05, 3.63) is 411 Å². The van der Waals surface area contributed by atoms with Gasteiger partial charge < -0.3 is 23.4 Å². The molecule has 20 aromatic rings. The van der Waals surface area contributed by atoms with Gasteiger partial charge in [-0.3, -0.25) is 0 Å². The summed E-state index contributed by atoms with van der Waals surface area (Å²) in [5, 5.41) is 1.36. The van der Waals surface area contributed by atoms with Crippen LogP contribution < -0.4 is 9.80 Å². The number of furan rings is 1. The van der Waals surface area contributed by atoms with Crippen LogP contribution in [0.25, 0.3) is 155 Å². The van der Waals surface area contributed by atoms with E-state index in [0.717, 1.165) is 94.2 Å². The summed E-state index contributed by atoms with van der Waals surface area (Å²) in [5.41, 5.74) is 18.3. The van der Waals surface area contributed by atoms with Gasteiger partial charge in [0.25, 0.3) is 0 Å². The fourth-order valence-electron chi connectivity index (χ4n) is 16.4. The van der Waals surface area contributed by atoms with E-state index in [1.54, 1.807) is 12.1 Å². The molecule has 0 atom stereocenters. The van der Waals surface area contributed by atoms with Gasteiger partial charge in [-0.25, -0.2) is 0 Å². The van der Waals surface area contributed by atoms with Crippen LogP contribution in [0.15, 0.2) is 404 Å². The minimum atomic E-state index is -0.576. The zero-order valence-corrected chi connectivity index (χ0v) is 64.1. The Morgan fingerprint density at radius 2 is 0.574 bits per heavy atom. The van der Waals surface area contributed by atoms with E-state index in [2.05, 4.69) is 197 Å². The first-order chi connectivity index (χ1) is 62.9. The third-order valence-electron chi connectivity index (χ3n) is 22.1. The topological polar surface area (TPSA) is 29.5 Å². The predicted molar refractivity (Wildman–Crippen MR) is 487 cm³/mol. The highest BCUT2D eigenvalue weighted by Gasteiger charge is 2.31. The van der Waals surface area contributed by atoms with E-state index in [0.29, 0.717) is 50.9 Å². The molecule has 0 bridgehead atoms. The van der Waals surface area contributed by atoms with Crippen molar-refractivity contribution < 1.29 is 26.3 Å². The Balaban J connectivity index is 0.984. The van der Waals surface area contributed by atoms with Crippen molar-refractivity contribution in [2.45, 2.75) is 52.4 Å². The maximum absolute atomic E-state index is 9.88. The Labute approximate surface area is 694 Å². The van der Waals surface area contributed by atoms with Gasteiger partial charge in [0.1, 0.15) is 11.2 Å². The predicted octanol–water partition coefficient (Wildman–Crippen LogP) is 31.0. The molecule has 20 rings (SSSR count). The van der Waals surface area contributed by atoms with Gasteiger partial charge in [-0.15, -0.1) is 0 Å². The van der Waals surface area contributed by atoms with Crippen molar-refractivity contribution >= 4 is 99.7 Å². The maximum atomic E-state index is 9.88. The van der Waals surface area contributed by atoms with Crippen molar-refractivity contribution in [3.8, 4) is 89.3 Å². The van der Waals surface area contributed by atoms with E-state index in [-0.39, 0.29) is 65.8 Å². The van der Waals surface area contributed by atoms with Crippen LogP contribution in [0.4, 0.5) is 34.1 Å². The number of nitrogens with zero attached hydrogens (tertiary/aromatic N) is 4. The fraction of sp³-hybridized carbons (Fsp3) is 0.0727. The molecule has 5 nitrogen and oxygen atoms in total. The van der Waals surface area contributed by atoms with E-state index in [1.807, 2.05) is 146 Å². The summed E-state index contributed by atoms with van der Waals surface area (Å²) >= 11 is 0. The first-order valence-electron chi connectivity index (χ1n) is 46.6. The Bertz CT molecular complexity index is 7410. The van der Waals surface area contributed by atoms with Crippen LogP contribution in [0.5, 0.6) is 0 Å². The summed E-state index contributed by atoms with van der Waals surface area (Å²) in [5.74, 6) is 0. The zero-order chi connectivity index (χ0) is 91.4. The molecule has 0 aliphatic carbocycles. The molecule has 3 aromatic heterocycles. The molecule has 0 fully saturated rings. The molecular formula is C110H84N4O. The molecule has 17 aromatic carbocycles. The number of fused-ring (bicyclic) bond motifs is 9. The molecule has 0 saturated carbocycles. The molecule has 0 spiro atoms. The lowest BCUT2D eigenvalue weighted by Crippen LogP contribution is -2.17. The van der Waals surface area contributed by atoms with Crippen LogP contribution in [0.1, 0.15) is 74.6 Å². The lowest BCUT2D eigenvalue weighted by atomic mass is 9.85. The Morgan fingerprint density at radius 1 is 0.243 bits per heavy atom. The van der Waals surface area contributed by atoms with Gasteiger partial charge >= 0.3 is 0 Å². The fourth-order valence-corrected chi connectivity index (χ4v) is 16.4. The second-order valence-electron chi connectivity index (χ2n) is 31.3. The van der Waals surface area contributed by atoms with E-state index >= 15 is 0 Å². The van der Waals surface area contributed by atoms with Gasteiger partial charge in [0.2, 0.25) is 0 Å². The average molecular weight is 1490 g/mol. The van der Waals surface area contributed by atoms with Crippen molar-refractivity contribution in [2.24, 2.45) is 0 Å². The number of hydrogen-bond donors (Lipinski definition) is 0. The van der Waals surface area contributed by atoms with Crippen molar-refractivity contribution in [1.82, 2.24) is 9.13 Å². The van der Waals surface area contributed by atoms with Gasteiger partial charge in [0, 0.05) is 88.7 Å². The molecule has 550 valence electrons. The summed E-state index contributed by atoms with van der Waals surface area (Å²) < 4.78 is 162.